The van der Waals surface area contributed by atoms with Crippen molar-refractivity contribution in [1.29, 1.82) is 0 Å². The molecule has 19 heavy (non-hydrogen) atoms. The second kappa shape index (κ2) is 5.91. The SMILES string of the molecule is Nc1ncc(C(=O)NCc2ccc(Cl)cc2)cc1Cl. The van der Waals surface area contributed by atoms with Gasteiger partial charge in [0, 0.05) is 17.8 Å². The van der Waals surface area contributed by atoms with Crippen molar-refractivity contribution in [1.82, 2.24) is 10.3 Å². The molecule has 0 bridgehead atoms. The number of hydrogen-bond donors (Lipinski definition) is 2. The van der Waals surface area contributed by atoms with Crippen molar-refractivity contribution in [3.05, 3.63) is 57.7 Å². The molecule has 0 fully saturated rings. The van der Waals surface area contributed by atoms with Crippen LogP contribution < -0.4 is 11.1 Å². The summed E-state index contributed by atoms with van der Waals surface area (Å²) in [6.07, 6.45) is 1.39. The van der Waals surface area contributed by atoms with Crippen molar-refractivity contribution in [3.63, 3.8) is 0 Å². The summed E-state index contributed by atoms with van der Waals surface area (Å²) >= 11 is 11.6. The Morgan fingerprint density at radius 1 is 1.26 bits per heavy atom. The lowest BCUT2D eigenvalue weighted by Gasteiger charge is -2.06. The molecule has 1 heterocycles. The van der Waals surface area contributed by atoms with E-state index in [4.69, 9.17) is 28.9 Å². The Morgan fingerprint density at radius 2 is 1.95 bits per heavy atom. The molecule has 4 nitrogen and oxygen atoms in total. The van der Waals surface area contributed by atoms with Crippen LogP contribution in [-0.4, -0.2) is 10.9 Å². The highest BCUT2D eigenvalue weighted by Crippen LogP contribution is 2.16. The molecule has 1 amide bonds. The molecular formula is C13H11Cl2N3O. The molecule has 98 valence electrons. The number of hydrogen-bond acceptors (Lipinski definition) is 3. The van der Waals surface area contributed by atoms with Gasteiger partial charge in [0.05, 0.1) is 10.6 Å². The molecule has 2 aromatic rings. The third-order valence-corrected chi connectivity index (χ3v) is 3.05. The molecule has 6 heteroatoms. The van der Waals surface area contributed by atoms with E-state index >= 15 is 0 Å². The lowest BCUT2D eigenvalue weighted by Crippen LogP contribution is -2.23. The van der Waals surface area contributed by atoms with Crippen molar-refractivity contribution >= 4 is 34.9 Å². The van der Waals surface area contributed by atoms with Gasteiger partial charge < -0.3 is 11.1 Å². The topological polar surface area (TPSA) is 68.0 Å². The Hall–Kier alpha value is -1.78. The number of nitrogens with two attached hydrogens (primary N) is 1. The van der Waals surface area contributed by atoms with E-state index in [1.165, 1.54) is 12.3 Å². The van der Waals surface area contributed by atoms with Gasteiger partial charge in [-0.05, 0) is 23.8 Å². The van der Waals surface area contributed by atoms with Crippen LogP contribution in [0.2, 0.25) is 10.0 Å². The van der Waals surface area contributed by atoms with Crippen molar-refractivity contribution in [2.24, 2.45) is 0 Å². The van der Waals surface area contributed by atoms with E-state index in [-0.39, 0.29) is 16.7 Å². The Bertz CT molecular complexity index is 599. The number of pyridine rings is 1. The molecule has 0 saturated heterocycles. The molecule has 0 atom stereocenters. The zero-order valence-corrected chi connectivity index (χ0v) is 11.4. The van der Waals surface area contributed by atoms with E-state index in [0.717, 1.165) is 5.56 Å². The summed E-state index contributed by atoms with van der Waals surface area (Å²) in [5.41, 5.74) is 6.80. The van der Waals surface area contributed by atoms with Crippen molar-refractivity contribution in [3.8, 4) is 0 Å². The lowest BCUT2D eigenvalue weighted by molar-refractivity contribution is 0.0950. The fraction of sp³-hybridized carbons (Fsp3) is 0.0769. The number of carbonyl (C=O) groups excluding carboxylic acids is 1. The Balaban J connectivity index is 2.01. The van der Waals surface area contributed by atoms with Crippen LogP contribution in [-0.2, 0) is 6.54 Å². The highest BCUT2D eigenvalue weighted by atomic mass is 35.5. The van der Waals surface area contributed by atoms with Crippen LogP contribution in [0.25, 0.3) is 0 Å². The summed E-state index contributed by atoms with van der Waals surface area (Å²) in [5, 5.41) is 3.68. The van der Waals surface area contributed by atoms with Crippen LogP contribution in [0.15, 0.2) is 36.5 Å². The van der Waals surface area contributed by atoms with Gasteiger partial charge in [0.2, 0.25) is 0 Å². The first-order valence-electron chi connectivity index (χ1n) is 5.50. The van der Waals surface area contributed by atoms with E-state index < -0.39 is 0 Å². The summed E-state index contributed by atoms with van der Waals surface area (Å²) < 4.78 is 0. The van der Waals surface area contributed by atoms with E-state index in [1.807, 2.05) is 12.1 Å². The zero-order chi connectivity index (χ0) is 13.8. The lowest BCUT2D eigenvalue weighted by atomic mass is 10.2. The van der Waals surface area contributed by atoms with E-state index in [0.29, 0.717) is 17.1 Å². The van der Waals surface area contributed by atoms with Gasteiger partial charge in [-0.2, -0.15) is 0 Å². The smallest absolute Gasteiger partial charge is 0.253 e. The molecule has 1 aromatic carbocycles. The molecule has 0 aliphatic carbocycles. The number of anilines is 1. The standard InChI is InChI=1S/C13H11Cl2N3O/c14-10-3-1-8(2-4-10)6-18-13(19)9-5-11(15)12(16)17-7-9/h1-5,7H,6H2,(H2,16,17)(H,18,19). The number of nitrogen functional groups attached to an aromatic ring is 1. The van der Waals surface area contributed by atoms with Gasteiger partial charge in [-0.1, -0.05) is 35.3 Å². The van der Waals surface area contributed by atoms with Gasteiger partial charge in [0.15, 0.2) is 0 Å². The molecule has 0 aliphatic heterocycles. The largest absolute Gasteiger partial charge is 0.382 e. The summed E-state index contributed by atoms with van der Waals surface area (Å²) in [4.78, 5) is 15.7. The van der Waals surface area contributed by atoms with Gasteiger partial charge in [0.25, 0.3) is 5.91 Å². The highest BCUT2D eigenvalue weighted by molar-refractivity contribution is 6.33. The van der Waals surface area contributed by atoms with Gasteiger partial charge >= 0.3 is 0 Å². The highest BCUT2D eigenvalue weighted by Gasteiger charge is 2.08. The van der Waals surface area contributed by atoms with Crippen LogP contribution in [0.3, 0.4) is 0 Å². The number of rotatable bonds is 3. The molecule has 0 spiro atoms. The number of nitrogens with zero attached hydrogens (tertiary/aromatic N) is 1. The first-order valence-corrected chi connectivity index (χ1v) is 6.25. The van der Waals surface area contributed by atoms with Crippen molar-refractivity contribution in [2.45, 2.75) is 6.54 Å². The van der Waals surface area contributed by atoms with Gasteiger partial charge in [0.1, 0.15) is 5.82 Å². The number of nitrogens with one attached hydrogen (secondary N) is 1. The quantitative estimate of drug-likeness (QED) is 0.915. The minimum Gasteiger partial charge on any atom is -0.382 e. The van der Waals surface area contributed by atoms with Crippen LogP contribution in [0.4, 0.5) is 5.82 Å². The number of benzene rings is 1. The minimum atomic E-state index is -0.260. The zero-order valence-electron chi connectivity index (χ0n) is 9.86. The maximum atomic E-state index is 11.9. The molecular weight excluding hydrogens is 285 g/mol. The third kappa shape index (κ3) is 3.59. The van der Waals surface area contributed by atoms with Crippen molar-refractivity contribution < 1.29 is 4.79 Å². The first kappa shape index (κ1) is 13.6. The summed E-state index contributed by atoms with van der Waals surface area (Å²) in [5.74, 6) is -0.0553. The molecule has 2 rings (SSSR count). The molecule has 0 unspecified atom stereocenters. The van der Waals surface area contributed by atoms with E-state index in [2.05, 4.69) is 10.3 Å². The summed E-state index contributed by atoms with van der Waals surface area (Å²) in [6.45, 7) is 0.401. The molecule has 1 aromatic heterocycles. The van der Waals surface area contributed by atoms with Crippen LogP contribution in [0.1, 0.15) is 15.9 Å². The normalized spacial score (nSPS) is 10.2. The van der Waals surface area contributed by atoms with E-state index in [9.17, 15) is 4.79 Å². The molecule has 0 radical (unpaired) electrons. The van der Waals surface area contributed by atoms with E-state index in [1.54, 1.807) is 12.1 Å². The number of amides is 1. The average molecular weight is 296 g/mol. The Kier molecular flexibility index (Phi) is 4.24. The second-order valence-electron chi connectivity index (χ2n) is 3.90. The maximum absolute atomic E-state index is 11.9. The second-order valence-corrected chi connectivity index (χ2v) is 4.74. The number of halogens is 2. The predicted molar refractivity (Wildman–Crippen MR) is 76.3 cm³/mol. The fourth-order valence-corrected chi connectivity index (χ4v) is 1.75. The molecule has 0 saturated carbocycles. The van der Waals surface area contributed by atoms with Gasteiger partial charge in [-0.15, -0.1) is 0 Å². The predicted octanol–water partition coefficient (Wildman–Crippen LogP) is 2.90. The average Bonchev–Trinajstić information content (AvgIpc) is 2.41. The maximum Gasteiger partial charge on any atom is 0.253 e. The fourth-order valence-electron chi connectivity index (χ4n) is 1.46. The number of aromatic nitrogens is 1. The summed E-state index contributed by atoms with van der Waals surface area (Å²) in [6, 6.07) is 8.71. The number of carbonyl (C=O) groups is 1. The summed E-state index contributed by atoms with van der Waals surface area (Å²) in [7, 11) is 0. The minimum absolute atomic E-state index is 0.205. The van der Waals surface area contributed by atoms with Gasteiger partial charge in [-0.25, -0.2) is 4.98 Å². The third-order valence-electron chi connectivity index (χ3n) is 2.50. The van der Waals surface area contributed by atoms with Crippen molar-refractivity contribution in [2.75, 3.05) is 5.73 Å². The Morgan fingerprint density at radius 3 is 2.58 bits per heavy atom. The van der Waals surface area contributed by atoms with Crippen LogP contribution in [0.5, 0.6) is 0 Å². The molecule has 0 aliphatic rings. The first-order chi connectivity index (χ1) is 9.06. The monoisotopic (exact) mass is 295 g/mol. The molecule has 3 N–H and O–H groups in total. The van der Waals surface area contributed by atoms with Crippen LogP contribution >= 0.6 is 23.2 Å². The van der Waals surface area contributed by atoms with Gasteiger partial charge in [-0.3, -0.25) is 4.79 Å². The Labute approximate surface area is 120 Å². The van der Waals surface area contributed by atoms with Crippen LogP contribution in [0, 0.1) is 0 Å².